The summed E-state index contributed by atoms with van der Waals surface area (Å²) in [5.74, 6) is 0.593. The third-order valence-corrected chi connectivity index (χ3v) is 2.82. The molecule has 0 aromatic rings. The summed E-state index contributed by atoms with van der Waals surface area (Å²) in [4.78, 5) is 0. The van der Waals surface area contributed by atoms with E-state index in [0.717, 1.165) is 25.4 Å². The molecular weight excluding hydrogens is 152 g/mol. The molecule has 1 aliphatic rings. The van der Waals surface area contributed by atoms with Crippen molar-refractivity contribution in [3.05, 3.63) is 0 Å². The van der Waals surface area contributed by atoms with Crippen LogP contribution in [0, 0.1) is 5.92 Å². The van der Waals surface area contributed by atoms with Gasteiger partial charge < -0.3 is 9.47 Å². The third kappa shape index (κ3) is 2.20. The fraction of sp³-hybridized carbons (Fsp3) is 1.00. The molecule has 1 fully saturated rings. The van der Waals surface area contributed by atoms with E-state index in [1.807, 2.05) is 6.92 Å². The zero-order valence-electron chi connectivity index (χ0n) is 8.43. The van der Waals surface area contributed by atoms with Crippen molar-refractivity contribution in [2.24, 2.45) is 5.92 Å². The van der Waals surface area contributed by atoms with Crippen LogP contribution in [-0.2, 0) is 9.47 Å². The number of hydrogen-bond donors (Lipinski definition) is 0. The molecule has 1 aliphatic carbocycles. The van der Waals surface area contributed by atoms with Crippen LogP contribution in [0.5, 0.6) is 0 Å². The highest BCUT2D eigenvalue weighted by Crippen LogP contribution is 2.34. The van der Waals surface area contributed by atoms with Gasteiger partial charge in [0.25, 0.3) is 0 Å². The normalized spacial score (nSPS) is 36.8. The van der Waals surface area contributed by atoms with Crippen molar-refractivity contribution in [2.45, 2.75) is 45.3 Å². The Labute approximate surface area is 75.2 Å². The molecule has 1 rings (SSSR count). The Bertz CT molecular complexity index is 126. The maximum atomic E-state index is 5.65. The molecule has 0 unspecified atom stereocenters. The molecule has 0 aliphatic heterocycles. The maximum Gasteiger partial charge on any atom is 0.167 e. The van der Waals surface area contributed by atoms with Gasteiger partial charge in [-0.25, -0.2) is 0 Å². The minimum atomic E-state index is -0.249. The van der Waals surface area contributed by atoms with Crippen molar-refractivity contribution >= 4 is 0 Å². The summed E-state index contributed by atoms with van der Waals surface area (Å²) >= 11 is 0. The molecule has 0 heterocycles. The average Bonchev–Trinajstić information content (AvgIpc) is 2.10. The summed E-state index contributed by atoms with van der Waals surface area (Å²) in [6.45, 7) is 5.08. The first-order valence-electron chi connectivity index (χ1n) is 4.91. The fourth-order valence-corrected chi connectivity index (χ4v) is 1.87. The van der Waals surface area contributed by atoms with Crippen LogP contribution in [0.1, 0.15) is 39.5 Å². The van der Waals surface area contributed by atoms with E-state index in [4.69, 9.17) is 9.47 Å². The molecule has 12 heavy (non-hydrogen) atoms. The SMILES string of the molecule is CCOC1(OC)CCC(C)CC1. The molecular formula is C10H20O2. The van der Waals surface area contributed by atoms with E-state index in [1.54, 1.807) is 7.11 Å². The van der Waals surface area contributed by atoms with Crippen LogP contribution in [-0.4, -0.2) is 19.5 Å². The quantitative estimate of drug-likeness (QED) is 0.609. The van der Waals surface area contributed by atoms with Gasteiger partial charge in [-0.3, -0.25) is 0 Å². The molecule has 0 aromatic carbocycles. The average molecular weight is 172 g/mol. The topological polar surface area (TPSA) is 18.5 Å². The number of ether oxygens (including phenoxy) is 2. The van der Waals surface area contributed by atoms with Gasteiger partial charge in [-0.1, -0.05) is 6.92 Å². The van der Waals surface area contributed by atoms with Crippen molar-refractivity contribution in [2.75, 3.05) is 13.7 Å². The van der Waals surface area contributed by atoms with Crippen molar-refractivity contribution in [1.29, 1.82) is 0 Å². The monoisotopic (exact) mass is 172 g/mol. The molecule has 0 bridgehead atoms. The standard InChI is InChI=1S/C10H20O2/c1-4-12-10(11-3)7-5-9(2)6-8-10/h9H,4-8H2,1-3H3. The van der Waals surface area contributed by atoms with E-state index in [0.29, 0.717) is 0 Å². The molecule has 2 heteroatoms. The lowest BCUT2D eigenvalue weighted by Crippen LogP contribution is -2.38. The Morgan fingerprint density at radius 3 is 2.33 bits per heavy atom. The van der Waals surface area contributed by atoms with Gasteiger partial charge in [-0.05, 0) is 25.7 Å². The summed E-state index contributed by atoms with van der Waals surface area (Å²) in [5, 5.41) is 0. The Hall–Kier alpha value is -0.0800. The van der Waals surface area contributed by atoms with Crippen LogP contribution in [0.15, 0.2) is 0 Å². The van der Waals surface area contributed by atoms with Crippen molar-refractivity contribution in [3.63, 3.8) is 0 Å². The van der Waals surface area contributed by atoms with E-state index in [9.17, 15) is 0 Å². The predicted octanol–water partition coefficient (Wildman–Crippen LogP) is 2.58. The predicted molar refractivity (Wildman–Crippen MR) is 49.0 cm³/mol. The minimum Gasteiger partial charge on any atom is -0.353 e. The van der Waals surface area contributed by atoms with Gasteiger partial charge in [0, 0.05) is 26.6 Å². The second-order valence-corrected chi connectivity index (χ2v) is 3.73. The molecule has 0 N–H and O–H groups in total. The first-order chi connectivity index (χ1) is 5.72. The lowest BCUT2D eigenvalue weighted by molar-refractivity contribution is -0.239. The van der Waals surface area contributed by atoms with E-state index in [1.165, 1.54) is 12.8 Å². The van der Waals surface area contributed by atoms with Crippen LogP contribution in [0.4, 0.5) is 0 Å². The summed E-state index contributed by atoms with van der Waals surface area (Å²) in [7, 11) is 1.76. The van der Waals surface area contributed by atoms with Crippen molar-refractivity contribution < 1.29 is 9.47 Å². The Kier molecular flexibility index (Phi) is 3.53. The smallest absolute Gasteiger partial charge is 0.167 e. The number of hydrogen-bond acceptors (Lipinski definition) is 2. The van der Waals surface area contributed by atoms with Crippen molar-refractivity contribution in [3.8, 4) is 0 Å². The van der Waals surface area contributed by atoms with Crippen LogP contribution in [0.25, 0.3) is 0 Å². The van der Waals surface area contributed by atoms with Crippen molar-refractivity contribution in [1.82, 2.24) is 0 Å². The largest absolute Gasteiger partial charge is 0.353 e. The highest BCUT2D eigenvalue weighted by atomic mass is 16.7. The molecule has 72 valence electrons. The molecule has 1 saturated carbocycles. The van der Waals surface area contributed by atoms with E-state index < -0.39 is 0 Å². The Morgan fingerprint density at radius 2 is 1.92 bits per heavy atom. The lowest BCUT2D eigenvalue weighted by Gasteiger charge is -2.37. The zero-order chi connectivity index (χ0) is 9.03. The minimum absolute atomic E-state index is 0.249. The Balaban J connectivity index is 2.45. The number of rotatable bonds is 3. The molecule has 0 saturated heterocycles. The van der Waals surface area contributed by atoms with E-state index in [-0.39, 0.29) is 5.79 Å². The van der Waals surface area contributed by atoms with Gasteiger partial charge in [-0.15, -0.1) is 0 Å². The van der Waals surface area contributed by atoms with Gasteiger partial charge in [0.15, 0.2) is 5.79 Å². The molecule has 0 spiro atoms. The van der Waals surface area contributed by atoms with Gasteiger partial charge in [0.2, 0.25) is 0 Å². The molecule has 2 nitrogen and oxygen atoms in total. The molecule has 0 amide bonds. The van der Waals surface area contributed by atoms with Crippen LogP contribution in [0.2, 0.25) is 0 Å². The van der Waals surface area contributed by atoms with Gasteiger partial charge in [0.1, 0.15) is 0 Å². The van der Waals surface area contributed by atoms with Gasteiger partial charge in [0.05, 0.1) is 0 Å². The second-order valence-electron chi connectivity index (χ2n) is 3.73. The number of methoxy groups -OCH3 is 1. The Morgan fingerprint density at radius 1 is 1.33 bits per heavy atom. The van der Waals surface area contributed by atoms with E-state index >= 15 is 0 Å². The maximum absolute atomic E-state index is 5.65. The molecule has 0 radical (unpaired) electrons. The van der Waals surface area contributed by atoms with Gasteiger partial charge >= 0.3 is 0 Å². The third-order valence-electron chi connectivity index (χ3n) is 2.82. The fourth-order valence-electron chi connectivity index (χ4n) is 1.87. The van der Waals surface area contributed by atoms with Gasteiger partial charge in [-0.2, -0.15) is 0 Å². The highest BCUT2D eigenvalue weighted by Gasteiger charge is 2.34. The molecule has 0 atom stereocenters. The second kappa shape index (κ2) is 4.24. The zero-order valence-corrected chi connectivity index (χ0v) is 8.43. The van der Waals surface area contributed by atoms with Crippen LogP contribution in [0.3, 0.4) is 0 Å². The summed E-state index contributed by atoms with van der Waals surface area (Å²) in [6.07, 6.45) is 4.57. The van der Waals surface area contributed by atoms with Crippen LogP contribution >= 0.6 is 0 Å². The summed E-state index contributed by atoms with van der Waals surface area (Å²) in [5.41, 5.74) is 0. The van der Waals surface area contributed by atoms with Crippen LogP contribution < -0.4 is 0 Å². The molecule has 0 aromatic heterocycles. The summed E-state index contributed by atoms with van der Waals surface area (Å²) in [6, 6.07) is 0. The highest BCUT2D eigenvalue weighted by molar-refractivity contribution is 4.77. The lowest BCUT2D eigenvalue weighted by atomic mass is 9.86. The van der Waals surface area contributed by atoms with E-state index in [2.05, 4.69) is 6.92 Å². The summed E-state index contributed by atoms with van der Waals surface area (Å²) < 4.78 is 11.1. The first-order valence-corrected chi connectivity index (χ1v) is 4.91. The first kappa shape index (κ1) is 10.0.